The van der Waals surface area contributed by atoms with Gasteiger partial charge in [-0.05, 0) is 11.5 Å². The Bertz CT molecular complexity index is 1010. The summed E-state index contributed by atoms with van der Waals surface area (Å²) < 4.78 is 1.56. The molecule has 1 N–H and O–H groups in total. The predicted octanol–water partition coefficient (Wildman–Crippen LogP) is 3.52. The molecule has 0 aliphatic carbocycles. The number of hydrogen-bond acceptors (Lipinski definition) is 4. The summed E-state index contributed by atoms with van der Waals surface area (Å²) in [6, 6.07) is 16.0. The third-order valence-electron chi connectivity index (χ3n) is 3.61. The highest BCUT2D eigenvalue weighted by atomic mass is 32.1. The van der Waals surface area contributed by atoms with E-state index >= 15 is 0 Å². The van der Waals surface area contributed by atoms with E-state index in [4.69, 9.17) is 0 Å². The van der Waals surface area contributed by atoms with Crippen LogP contribution in [0, 0.1) is 0 Å². The molecular formula is C17H13N3OS. The zero-order valence-electron chi connectivity index (χ0n) is 11.7. The van der Waals surface area contributed by atoms with Crippen LogP contribution in [0.2, 0.25) is 0 Å². The van der Waals surface area contributed by atoms with E-state index < -0.39 is 0 Å². The third kappa shape index (κ3) is 2.25. The average Bonchev–Trinajstić information content (AvgIpc) is 3.02. The zero-order valence-corrected chi connectivity index (χ0v) is 12.5. The summed E-state index contributed by atoms with van der Waals surface area (Å²) in [5, 5.41) is 7.60. The first-order valence-corrected chi connectivity index (χ1v) is 7.87. The van der Waals surface area contributed by atoms with E-state index in [1.54, 1.807) is 16.7 Å². The molecular weight excluding hydrogens is 294 g/mol. The second kappa shape index (κ2) is 5.27. The van der Waals surface area contributed by atoms with Crippen molar-refractivity contribution in [1.29, 1.82) is 0 Å². The normalized spacial score (nSPS) is 11.1. The number of benzene rings is 2. The van der Waals surface area contributed by atoms with Crippen LogP contribution in [0.1, 0.15) is 5.69 Å². The van der Waals surface area contributed by atoms with Crippen LogP contribution in [0.4, 0.5) is 5.69 Å². The first kappa shape index (κ1) is 13.0. The maximum Gasteiger partial charge on any atom is 0.258 e. The Labute approximate surface area is 130 Å². The Kier molecular flexibility index (Phi) is 3.12. The maximum atomic E-state index is 12.0. The molecule has 0 bridgehead atoms. The molecule has 0 aliphatic rings. The Morgan fingerprint density at radius 1 is 1.14 bits per heavy atom. The standard InChI is InChI=1S/C17H13N3OS/c21-16-10-13(19-17-20(16)8-9-22-17)11-18-15-7-3-5-12-4-1-2-6-14(12)15/h1-10,18H,11H2. The molecule has 22 heavy (non-hydrogen) atoms. The van der Waals surface area contributed by atoms with Gasteiger partial charge < -0.3 is 5.32 Å². The first-order valence-electron chi connectivity index (χ1n) is 6.99. The van der Waals surface area contributed by atoms with Crippen molar-refractivity contribution >= 4 is 32.8 Å². The maximum absolute atomic E-state index is 12.0. The molecule has 4 nitrogen and oxygen atoms in total. The minimum atomic E-state index is -0.0408. The van der Waals surface area contributed by atoms with Gasteiger partial charge in [-0.1, -0.05) is 36.4 Å². The van der Waals surface area contributed by atoms with Crippen LogP contribution >= 0.6 is 11.3 Å². The Balaban J connectivity index is 1.67. The Morgan fingerprint density at radius 3 is 2.95 bits per heavy atom. The van der Waals surface area contributed by atoms with Crippen LogP contribution in [0.25, 0.3) is 15.7 Å². The molecule has 2 aromatic heterocycles. The van der Waals surface area contributed by atoms with Gasteiger partial charge in [0.2, 0.25) is 0 Å². The lowest BCUT2D eigenvalue weighted by atomic mass is 10.1. The fourth-order valence-electron chi connectivity index (χ4n) is 2.54. The molecule has 0 aliphatic heterocycles. The summed E-state index contributed by atoms with van der Waals surface area (Å²) in [5.74, 6) is 0. The van der Waals surface area contributed by atoms with Crippen LogP contribution in [-0.2, 0) is 6.54 Å². The molecule has 2 aromatic carbocycles. The molecule has 0 spiro atoms. The van der Waals surface area contributed by atoms with Crippen LogP contribution < -0.4 is 10.9 Å². The van der Waals surface area contributed by atoms with Gasteiger partial charge in [0.05, 0.1) is 12.2 Å². The minimum Gasteiger partial charge on any atom is -0.379 e. The predicted molar refractivity (Wildman–Crippen MR) is 90.6 cm³/mol. The molecule has 108 valence electrons. The van der Waals surface area contributed by atoms with Gasteiger partial charge in [0.15, 0.2) is 4.96 Å². The van der Waals surface area contributed by atoms with E-state index in [0.717, 1.165) is 16.3 Å². The van der Waals surface area contributed by atoms with Gasteiger partial charge in [-0.3, -0.25) is 9.20 Å². The number of aromatic nitrogens is 2. The number of hydrogen-bond donors (Lipinski definition) is 1. The largest absolute Gasteiger partial charge is 0.379 e. The van der Waals surface area contributed by atoms with E-state index in [0.29, 0.717) is 6.54 Å². The zero-order chi connectivity index (χ0) is 14.9. The molecule has 4 rings (SSSR count). The van der Waals surface area contributed by atoms with Gasteiger partial charge in [-0.2, -0.15) is 0 Å². The monoisotopic (exact) mass is 307 g/mol. The van der Waals surface area contributed by atoms with Gasteiger partial charge in [0.25, 0.3) is 5.56 Å². The number of thiazole rings is 1. The van der Waals surface area contributed by atoms with Crippen molar-refractivity contribution < 1.29 is 0 Å². The van der Waals surface area contributed by atoms with Crippen LogP contribution in [0.5, 0.6) is 0 Å². The van der Waals surface area contributed by atoms with Crippen molar-refractivity contribution in [2.75, 3.05) is 5.32 Å². The highest BCUT2D eigenvalue weighted by Crippen LogP contribution is 2.23. The molecule has 2 heterocycles. The minimum absolute atomic E-state index is 0.0408. The van der Waals surface area contributed by atoms with Gasteiger partial charge in [-0.25, -0.2) is 4.98 Å². The summed E-state index contributed by atoms with van der Waals surface area (Å²) in [6.45, 7) is 0.525. The van der Waals surface area contributed by atoms with Crippen molar-refractivity contribution in [3.05, 3.63) is 76.2 Å². The molecule has 0 unspecified atom stereocenters. The van der Waals surface area contributed by atoms with E-state index in [1.807, 2.05) is 29.6 Å². The molecule has 0 saturated heterocycles. The molecule has 0 atom stereocenters. The third-order valence-corrected chi connectivity index (χ3v) is 4.36. The van der Waals surface area contributed by atoms with Gasteiger partial charge >= 0.3 is 0 Å². The summed E-state index contributed by atoms with van der Waals surface area (Å²) in [5.41, 5.74) is 1.76. The lowest BCUT2D eigenvalue weighted by Gasteiger charge is -2.09. The number of rotatable bonds is 3. The smallest absolute Gasteiger partial charge is 0.258 e. The van der Waals surface area contributed by atoms with Gasteiger partial charge in [0, 0.05) is 28.7 Å². The van der Waals surface area contributed by atoms with Crippen LogP contribution in [-0.4, -0.2) is 9.38 Å². The van der Waals surface area contributed by atoms with E-state index in [9.17, 15) is 4.79 Å². The van der Waals surface area contributed by atoms with Crippen molar-refractivity contribution in [2.24, 2.45) is 0 Å². The number of nitrogens with zero attached hydrogens (tertiary/aromatic N) is 2. The van der Waals surface area contributed by atoms with Crippen molar-refractivity contribution in [3.63, 3.8) is 0 Å². The Morgan fingerprint density at radius 2 is 2.00 bits per heavy atom. The second-order valence-electron chi connectivity index (χ2n) is 5.02. The number of anilines is 1. The lowest BCUT2D eigenvalue weighted by molar-refractivity contribution is 0.991. The van der Waals surface area contributed by atoms with Crippen molar-refractivity contribution in [1.82, 2.24) is 9.38 Å². The van der Waals surface area contributed by atoms with Crippen molar-refractivity contribution in [3.8, 4) is 0 Å². The van der Waals surface area contributed by atoms with E-state index in [2.05, 4.69) is 28.5 Å². The molecule has 0 radical (unpaired) electrons. The van der Waals surface area contributed by atoms with E-state index in [-0.39, 0.29) is 5.56 Å². The highest BCUT2D eigenvalue weighted by molar-refractivity contribution is 7.15. The summed E-state index contributed by atoms with van der Waals surface area (Å²) in [4.78, 5) is 17.2. The average molecular weight is 307 g/mol. The number of nitrogens with one attached hydrogen (secondary N) is 1. The molecule has 4 aromatic rings. The molecule has 0 fully saturated rings. The van der Waals surface area contributed by atoms with Crippen molar-refractivity contribution in [2.45, 2.75) is 6.54 Å². The molecule has 0 saturated carbocycles. The lowest BCUT2D eigenvalue weighted by Crippen LogP contribution is -2.14. The molecule has 5 heteroatoms. The fraction of sp³-hybridized carbons (Fsp3) is 0.0588. The quantitative estimate of drug-likeness (QED) is 0.630. The Hall–Kier alpha value is -2.66. The van der Waals surface area contributed by atoms with Gasteiger partial charge in [-0.15, -0.1) is 11.3 Å². The topological polar surface area (TPSA) is 46.4 Å². The summed E-state index contributed by atoms with van der Waals surface area (Å²) in [7, 11) is 0. The SMILES string of the molecule is O=c1cc(CNc2cccc3ccccc23)nc2sccn12. The van der Waals surface area contributed by atoms with E-state index in [1.165, 1.54) is 22.1 Å². The fourth-order valence-corrected chi connectivity index (χ4v) is 3.28. The molecule has 0 amide bonds. The summed E-state index contributed by atoms with van der Waals surface area (Å²) >= 11 is 1.46. The first-order chi connectivity index (χ1) is 10.8. The number of fused-ring (bicyclic) bond motifs is 2. The van der Waals surface area contributed by atoms with Crippen LogP contribution in [0.15, 0.2) is 64.9 Å². The second-order valence-corrected chi connectivity index (χ2v) is 5.89. The van der Waals surface area contributed by atoms with Gasteiger partial charge in [0.1, 0.15) is 0 Å². The van der Waals surface area contributed by atoms with Crippen LogP contribution in [0.3, 0.4) is 0 Å². The highest BCUT2D eigenvalue weighted by Gasteiger charge is 2.04. The summed E-state index contributed by atoms with van der Waals surface area (Å²) in [6.07, 6.45) is 1.75.